The summed E-state index contributed by atoms with van der Waals surface area (Å²) in [4.78, 5) is 41.0. The first kappa shape index (κ1) is 16.9. The zero-order valence-electron chi connectivity index (χ0n) is 13.4. The highest BCUT2D eigenvalue weighted by Crippen LogP contribution is 2.15. The minimum atomic E-state index is -0.0743. The molecule has 3 rings (SSSR count). The number of benzene rings is 1. The van der Waals surface area contributed by atoms with E-state index in [-0.39, 0.29) is 17.7 Å². The van der Waals surface area contributed by atoms with Crippen molar-refractivity contribution in [3.63, 3.8) is 0 Å². The van der Waals surface area contributed by atoms with Gasteiger partial charge in [0, 0.05) is 62.7 Å². The van der Waals surface area contributed by atoms with Crippen molar-refractivity contribution in [2.75, 3.05) is 39.3 Å². The number of piperazine rings is 1. The van der Waals surface area contributed by atoms with Gasteiger partial charge >= 0.3 is 0 Å². The number of hydrogen-bond acceptors (Lipinski definition) is 4. The second kappa shape index (κ2) is 7.32. The van der Waals surface area contributed by atoms with E-state index in [1.165, 1.54) is 4.90 Å². The molecule has 3 amide bonds. The number of likely N-dealkylation sites (tertiary alicyclic amines) is 1. The lowest BCUT2D eigenvalue weighted by Crippen LogP contribution is -2.50. The highest BCUT2D eigenvalue weighted by molar-refractivity contribution is 6.30. The first-order chi connectivity index (χ1) is 11.5. The highest BCUT2D eigenvalue weighted by Gasteiger charge is 2.29. The summed E-state index contributed by atoms with van der Waals surface area (Å²) >= 11 is 5.94. The Morgan fingerprint density at radius 3 is 2.29 bits per heavy atom. The summed E-state index contributed by atoms with van der Waals surface area (Å²) in [6, 6.07) is 6.97. The van der Waals surface area contributed by atoms with Gasteiger partial charge in [-0.3, -0.25) is 24.2 Å². The molecule has 2 aliphatic heterocycles. The van der Waals surface area contributed by atoms with E-state index in [4.69, 9.17) is 11.6 Å². The van der Waals surface area contributed by atoms with E-state index in [9.17, 15) is 14.4 Å². The SMILES string of the molecule is O=C(c1cccc(Cl)c1)N1CCN(CCN2C(=O)CCC2=O)CC1. The van der Waals surface area contributed by atoms with Crippen LogP contribution in [0.15, 0.2) is 24.3 Å². The number of carbonyl (C=O) groups is 3. The second-order valence-corrected chi connectivity index (χ2v) is 6.52. The molecule has 0 bridgehead atoms. The topological polar surface area (TPSA) is 60.9 Å². The second-order valence-electron chi connectivity index (χ2n) is 6.08. The van der Waals surface area contributed by atoms with E-state index < -0.39 is 0 Å². The fraction of sp³-hybridized carbons (Fsp3) is 0.471. The zero-order chi connectivity index (χ0) is 17.1. The molecule has 2 saturated heterocycles. The third-order valence-corrected chi connectivity index (χ3v) is 4.76. The van der Waals surface area contributed by atoms with Crippen molar-refractivity contribution in [3.8, 4) is 0 Å². The average molecular weight is 350 g/mol. The van der Waals surface area contributed by atoms with Crippen LogP contribution in [0.2, 0.25) is 5.02 Å². The van der Waals surface area contributed by atoms with Crippen LogP contribution in [0.1, 0.15) is 23.2 Å². The summed E-state index contributed by atoms with van der Waals surface area (Å²) in [7, 11) is 0. The van der Waals surface area contributed by atoms with Gasteiger partial charge in [-0.1, -0.05) is 17.7 Å². The molecule has 2 heterocycles. The quantitative estimate of drug-likeness (QED) is 0.767. The van der Waals surface area contributed by atoms with Crippen LogP contribution in [0, 0.1) is 0 Å². The van der Waals surface area contributed by atoms with Gasteiger partial charge < -0.3 is 4.90 Å². The van der Waals surface area contributed by atoms with Crippen molar-refractivity contribution in [2.45, 2.75) is 12.8 Å². The van der Waals surface area contributed by atoms with Crippen LogP contribution in [0.5, 0.6) is 0 Å². The molecule has 6 nitrogen and oxygen atoms in total. The minimum Gasteiger partial charge on any atom is -0.336 e. The van der Waals surface area contributed by atoms with Gasteiger partial charge in [0.05, 0.1) is 0 Å². The van der Waals surface area contributed by atoms with Gasteiger partial charge in [0.25, 0.3) is 5.91 Å². The number of hydrogen-bond donors (Lipinski definition) is 0. The minimum absolute atomic E-state index is 0.0120. The number of rotatable bonds is 4. The predicted octanol–water partition coefficient (Wildman–Crippen LogP) is 1.25. The van der Waals surface area contributed by atoms with E-state index in [1.807, 2.05) is 4.90 Å². The van der Waals surface area contributed by atoms with Crippen LogP contribution in [0.4, 0.5) is 0 Å². The average Bonchev–Trinajstić information content (AvgIpc) is 2.91. The fourth-order valence-electron chi connectivity index (χ4n) is 3.09. The first-order valence-electron chi connectivity index (χ1n) is 8.15. The molecule has 24 heavy (non-hydrogen) atoms. The largest absolute Gasteiger partial charge is 0.336 e. The summed E-state index contributed by atoms with van der Waals surface area (Å²) in [6.45, 7) is 3.85. The van der Waals surface area contributed by atoms with E-state index in [2.05, 4.69) is 4.90 Å². The Kier molecular flexibility index (Phi) is 5.16. The molecule has 1 aromatic carbocycles. The molecule has 0 spiro atoms. The van der Waals surface area contributed by atoms with E-state index in [0.717, 1.165) is 13.1 Å². The van der Waals surface area contributed by atoms with Crippen LogP contribution in [0.25, 0.3) is 0 Å². The maximum absolute atomic E-state index is 12.5. The number of amides is 3. The Hall–Kier alpha value is -1.92. The van der Waals surface area contributed by atoms with E-state index in [1.54, 1.807) is 24.3 Å². The molecule has 0 radical (unpaired) electrons. The number of nitrogens with zero attached hydrogens (tertiary/aromatic N) is 3. The van der Waals surface area contributed by atoms with Gasteiger partial charge in [0.15, 0.2) is 0 Å². The zero-order valence-corrected chi connectivity index (χ0v) is 14.2. The molecule has 0 unspecified atom stereocenters. The van der Waals surface area contributed by atoms with Gasteiger partial charge in [-0.2, -0.15) is 0 Å². The highest BCUT2D eigenvalue weighted by atomic mass is 35.5. The standard InChI is InChI=1S/C17H20ClN3O3/c18-14-3-1-2-13(12-14)17(24)20-9-6-19(7-10-20)8-11-21-15(22)4-5-16(21)23/h1-3,12H,4-11H2. The summed E-state index contributed by atoms with van der Waals surface area (Å²) < 4.78 is 0. The molecule has 2 aliphatic rings. The summed E-state index contributed by atoms with van der Waals surface area (Å²) in [5, 5.41) is 0.555. The van der Waals surface area contributed by atoms with Crippen molar-refractivity contribution < 1.29 is 14.4 Å². The summed E-state index contributed by atoms with van der Waals surface area (Å²) in [6.07, 6.45) is 0.668. The molecule has 128 valence electrons. The third kappa shape index (κ3) is 3.76. The van der Waals surface area contributed by atoms with Crippen molar-refractivity contribution in [1.82, 2.24) is 14.7 Å². The van der Waals surface area contributed by atoms with Gasteiger partial charge in [-0.05, 0) is 18.2 Å². The number of carbonyl (C=O) groups excluding carboxylic acids is 3. The van der Waals surface area contributed by atoms with E-state index >= 15 is 0 Å². The van der Waals surface area contributed by atoms with Crippen LogP contribution >= 0.6 is 11.6 Å². The van der Waals surface area contributed by atoms with Crippen LogP contribution in [0.3, 0.4) is 0 Å². The van der Waals surface area contributed by atoms with Gasteiger partial charge in [0.1, 0.15) is 0 Å². The lowest BCUT2D eigenvalue weighted by molar-refractivity contribution is -0.138. The van der Waals surface area contributed by atoms with E-state index in [0.29, 0.717) is 49.6 Å². The number of halogens is 1. The fourth-order valence-corrected chi connectivity index (χ4v) is 3.28. The summed E-state index contributed by atoms with van der Waals surface area (Å²) in [5.74, 6) is -0.161. The molecule has 0 saturated carbocycles. The van der Waals surface area contributed by atoms with Crippen molar-refractivity contribution in [1.29, 1.82) is 0 Å². The maximum Gasteiger partial charge on any atom is 0.253 e. The Bertz CT molecular complexity index is 640. The van der Waals surface area contributed by atoms with Crippen molar-refractivity contribution in [3.05, 3.63) is 34.9 Å². The normalized spacial score (nSPS) is 19.2. The Labute approximate surface area is 146 Å². The molecule has 7 heteroatoms. The van der Waals surface area contributed by atoms with Crippen molar-refractivity contribution >= 4 is 29.3 Å². The Balaban J connectivity index is 1.48. The monoisotopic (exact) mass is 349 g/mol. The predicted molar refractivity (Wildman–Crippen MR) is 89.7 cm³/mol. The molecule has 0 aliphatic carbocycles. The van der Waals surface area contributed by atoms with Crippen LogP contribution in [-0.4, -0.2) is 71.7 Å². The summed E-state index contributed by atoms with van der Waals surface area (Å²) in [5.41, 5.74) is 0.601. The smallest absolute Gasteiger partial charge is 0.253 e. The molecular weight excluding hydrogens is 330 g/mol. The van der Waals surface area contributed by atoms with Gasteiger partial charge in [0.2, 0.25) is 11.8 Å². The molecule has 0 N–H and O–H groups in total. The third-order valence-electron chi connectivity index (χ3n) is 4.53. The molecular formula is C17H20ClN3O3. The Morgan fingerprint density at radius 2 is 1.67 bits per heavy atom. The first-order valence-corrected chi connectivity index (χ1v) is 8.53. The Morgan fingerprint density at radius 1 is 1.00 bits per heavy atom. The van der Waals surface area contributed by atoms with Gasteiger partial charge in [-0.15, -0.1) is 0 Å². The van der Waals surface area contributed by atoms with Crippen LogP contribution < -0.4 is 0 Å². The van der Waals surface area contributed by atoms with Gasteiger partial charge in [-0.25, -0.2) is 0 Å². The maximum atomic E-state index is 12.5. The number of imide groups is 1. The van der Waals surface area contributed by atoms with Crippen molar-refractivity contribution in [2.24, 2.45) is 0 Å². The van der Waals surface area contributed by atoms with Crippen LogP contribution in [-0.2, 0) is 9.59 Å². The molecule has 1 aromatic rings. The lowest BCUT2D eigenvalue weighted by atomic mass is 10.2. The molecule has 0 aromatic heterocycles. The molecule has 0 atom stereocenters. The molecule has 2 fully saturated rings. The lowest BCUT2D eigenvalue weighted by Gasteiger charge is -2.35.